The number of thioether (sulfide) groups is 1. The van der Waals surface area contributed by atoms with E-state index in [1.54, 1.807) is 12.1 Å². The van der Waals surface area contributed by atoms with E-state index in [9.17, 15) is 4.39 Å². The van der Waals surface area contributed by atoms with Gasteiger partial charge in [0.2, 0.25) is 0 Å². The average molecular weight is 252 g/mol. The second-order valence-corrected chi connectivity index (χ2v) is 5.23. The summed E-state index contributed by atoms with van der Waals surface area (Å²) < 4.78 is 13.4. The quantitative estimate of drug-likeness (QED) is 0.830. The van der Waals surface area contributed by atoms with Crippen molar-refractivity contribution in [2.45, 2.75) is 31.3 Å². The fraction of sp³-hybridized carbons (Fsp3) is 0.429. The summed E-state index contributed by atoms with van der Waals surface area (Å²) in [7, 11) is 0. The summed E-state index contributed by atoms with van der Waals surface area (Å²) >= 11 is 1.85. The third-order valence-electron chi connectivity index (χ3n) is 2.44. The van der Waals surface area contributed by atoms with Crippen molar-refractivity contribution in [3.05, 3.63) is 35.1 Å². The molecule has 0 saturated carbocycles. The van der Waals surface area contributed by atoms with Gasteiger partial charge < -0.3 is 5.11 Å². The van der Waals surface area contributed by atoms with Crippen molar-refractivity contribution >= 4 is 11.8 Å². The summed E-state index contributed by atoms with van der Waals surface area (Å²) in [5.74, 6) is 5.62. The highest BCUT2D eigenvalue weighted by molar-refractivity contribution is 7.99. The van der Waals surface area contributed by atoms with Crippen molar-refractivity contribution in [3.63, 3.8) is 0 Å². The van der Waals surface area contributed by atoms with Crippen LogP contribution < -0.4 is 0 Å². The van der Waals surface area contributed by atoms with E-state index in [4.69, 9.17) is 5.11 Å². The second-order valence-electron chi connectivity index (χ2n) is 3.80. The van der Waals surface area contributed by atoms with Gasteiger partial charge in [-0.3, -0.25) is 0 Å². The molecule has 3 heteroatoms. The van der Waals surface area contributed by atoms with Gasteiger partial charge in [-0.25, -0.2) is 4.39 Å². The van der Waals surface area contributed by atoms with Crippen molar-refractivity contribution in [2.24, 2.45) is 0 Å². The molecule has 0 heterocycles. The fourth-order valence-corrected chi connectivity index (χ4v) is 2.14. The molecule has 1 nitrogen and oxygen atoms in total. The summed E-state index contributed by atoms with van der Waals surface area (Å²) in [6, 6.07) is 4.98. The lowest BCUT2D eigenvalue weighted by Crippen LogP contribution is -1.95. The molecule has 0 aromatic heterocycles. The number of hydrogen-bond acceptors (Lipinski definition) is 2. The molecule has 0 aliphatic rings. The second kappa shape index (κ2) is 7.37. The normalized spacial score (nSPS) is 11.8. The van der Waals surface area contributed by atoms with E-state index in [1.165, 1.54) is 6.07 Å². The monoisotopic (exact) mass is 252 g/mol. The molecule has 0 fully saturated rings. The van der Waals surface area contributed by atoms with Crippen LogP contribution in [0.5, 0.6) is 0 Å². The van der Waals surface area contributed by atoms with Crippen molar-refractivity contribution < 1.29 is 9.50 Å². The molecule has 0 bridgehead atoms. The van der Waals surface area contributed by atoms with Gasteiger partial charge in [-0.05, 0) is 24.1 Å². The minimum atomic E-state index is -0.330. The number of hydrogen-bond donors (Lipinski definition) is 1. The van der Waals surface area contributed by atoms with Gasteiger partial charge in [0.15, 0.2) is 0 Å². The Morgan fingerprint density at radius 1 is 1.47 bits per heavy atom. The van der Waals surface area contributed by atoms with E-state index in [2.05, 4.69) is 25.7 Å². The van der Waals surface area contributed by atoms with Crippen LogP contribution in [0.25, 0.3) is 0 Å². The molecule has 1 N–H and O–H groups in total. The third kappa shape index (κ3) is 4.80. The predicted molar refractivity (Wildman–Crippen MR) is 71.4 cm³/mol. The minimum Gasteiger partial charge on any atom is -0.384 e. The largest absolute Gasteiger partial charge is 0.384 e. The summed E-state index contributed by atoms with van der Waals surface area (Å²) in [6.07, 6.45) is 1.13. The van der Waals surface area contributed by atoms with Crippen LogP contribution in [0.1, 0.15) is 31.4 Å². The van der Waals surface area contributed by atoms with E-state index >= 15 is 0 Å². The zero-order valence-corrected chi connectivity index (χ0v) is 11.0. The van der Waals surface area contributed by atoms with Crippen LogP contribution >= 0.6 is 11.8 Å². The Balaban J connectivity index is 2.74. The molecule has 17 heavy (non-hydrogen) atoms. The van der Waals surface area contributed by atoms with Crippen LogP contribution in [0.2, 0.25) is 0 Å². The van der Waals surface area contributed by atoms with Crippen molar-refractivity contribution in [1.29, 1.82) is 0 Å². The maximum atomic E-state index is 13.4. The lowest BCUT2D eigenvalue weighted by Gasteiger charge is -2.08. The minimum absolute atomic E-state index is 0.245. The SMILES string of the molecule is CCC(C)SCc1ccc(F)c(C#CCO)c1. The van der Waals surface area contributed by atoms with E-state index in [-0.39, 0.29) is 12.4 Å². The van der Waals surface area contributed by atoms with Gasteiger partial charge in [0.25, 0.3) is 0 Å². The first-order valence-corrected chi connectivity index (χ1v) is 6.72. The number of aliphatic hydroxyl groups excluding tert-OH is 1. The summed E-state index contributed by atoms with van der Waals surface area (Å²) in [6.45, 7) is 4.09. The predicted octanol–water partition coefficient (Wildman–Crippen LogP) is 3.20. The molecular formula is C14H17FOS. The van der Waals surface area contributed by atoms with Crippen molar-refractivity contribution in [3.8, 4) is 11.8 Å². The number of aliphatic hydroxyl groups is 1. The van der Waals surface area contributed by atoms with Gasteiger partial charge in [-0.1, -0.05) is 31.8 Å². The van der Waals surface area contributed by atoms with Gasteiger partial charge in [-0.15, -0.1) is 0 Å². The smallest absolute Gasteiger partial charge is 0.138 e. The van der Waals surface area contributed by atoms with Gasteiger partial charge in [0.05, 0.1) is 5.56 Å². The van der Waals surface area contributed by atoms with Crippen LogP contribution in [0.15, 0.2) is 18.2 Å². The molecule has 0 radical (unpaired) electrons. The van der Waals surface area contributed by atoms with E-state index < -0.39 is 0 Å². The van der Waals surface area contributed by atoms with Crippen LogP contribution in [-0.4, -0.2) is 17.0 Å². The number of rotatable bonds is 4. The van der Waals surface area contributed by atoms with Gasteiger partial charge in [0.1, 0.15) is 12.4 Å². The fourth-order valence-electron chi connectivity index (χ4n) is 1.25. The molecule has 0 spiro atoms. The molecule has 1 aromatic carbocycles. The van der Waals surface area contributed by atoms with Gasteiger partial charge in [-0.2, -0.15) is 11.8 Å². The van der Waals surface area contributed by atoms with Crippen molar-refractivity contribution in [2.75, 3.05) is 6.61 Å². The molecule has 1 atom stereocenters. The lowest BCUT2D eigenvalue weighted by molar-refractivity contribution is 0.350. The first kappa shape index (κ1) is 14.1. The topological polar surface area (TPSA) is 20.2 Å². The van der Waals surface area contributed by atoms with Crippen LogP contribution in [0.4, 0.5) is 4.39 Å². The molecule has 92 valence electrons. The van der Waals surface area contributed by atoms with E-state index in [0.717, 1.165) is 17.7 Å². The Labute approximate surface area is 106 Å². The Bertz CT molecular complexity index is 420. The molecule has 0 saturated heterocycles. The number of benzene rings is 1. The van der Waals surface area contributed by atoms with E-state index in [0.29, 0.717) is 10.8 Å². The standard InChI is InChI=1S/C14H17FOS/c1-3-11(2)17-10-12-6-7-14(15)13(9-12)5-4-8-16/h6-7,9,11,16H,3,8,10H2,1-2H3. The van der Waals surface area contributed by atoms with Crippen LogP contribution in [0, 0.1) is 17.7 Å². The molecule has 0 amide bonds. The van der Waals surface area contributed by atoms with Crippen molar-refractivity contribution in [1.82, 2.24) is 0 Å². The summed E-state index contributed by atoms with van der Waals surface area (Å²) in [4.78, 5) is 0. The summed E-state index contributed by atoms with van der Waals surface area (Å²) in [5, 5.41) is 9.20. The molecule has 0 aliphatic carbocycles. The molecule has 1 rings (SSSR count). The lowest BCUT2D eigenvalue weighted by atomic mass is 10.1. The summed E-state index contributed by atoms with van der Waals surface area (Å²) in [5.41, 5.74) is 1.43. The first-order valence-electron chi connectivity index (χ1n) is 5.67. The highest BCUT2D eigenvalue weighted by Gasteiger charge is 2.04. The maximum Gasteiger partial charge on any atom is 0.138 e. The van der Waals surface area contributed by atoms with Gasteiger partial charge in [0, 0.05) is 11.0 Å². The number of halogens is 1. The highest BCUT2D eigenvalue weighted by atomic mass is 32.2. The van der Waals surface area contributed by atoms with E-state index in [1.807, 2.05) is 11.8 Å². The van der Waals surface area contributed by atoms with Crippen LogP contribution in [0.3, 0.4) is 0 Å². The first-order chi connectivity index (χ1) is 8.17. The molecular weight excluding hydrogens is 235 g/mol. The zero-order valence-electron chi connectivity index (χ0n) is 10.2. The Morgan fingerprint density at radius 2 is 2.24 bits per heavy atom. The zero-order chi connectivity index (χ0) is 12.7. The Hall–Kier alpha value is -0.980. The molecule has 1 aromatic rings. The third-order valence-corrected chi connectivity index (χ3v) is 3.84. The Morgan fingerprint density at radius 3 is 2.88 bits per heavy atom. The van der Waals surface area contributed by atoms with Crippen LogP contribution in [-0.2, 0) is 5.75 Å². The van der Waals surface area contributed by atoms with Gasteiger partial charge >= 0.3 is 0 Å². The molecule has 0 aliphatic heterocycles. The Kier molecular flexibility index (Phi) is 6.10. The highest BCUT2D eigenvalue weighted by Crippen LogP contribution is 2.21. The maximum absolute atomic E-state index is 13.4. The molecule has 1 unspecified atom stereocenters. The average Bonchev–Trinajstić information content (AvgIpc) is 2.35.